The molecule has 2 aromatic rings. The molecular formula is C17H20N4O. The van der Waals surface area contributed by atoms with Gasteiger partial charge >= 0.3 is 0 Å². The van der Waals surface area contributed by atoms with Crippen LogP contribution >= 0.6 is 0 Å². The van der Waals surface area contributed by atoms with Crippen LogP contribution in [0.5, 0.6) is 0 Å². The standard InChI is InChI=1S/C17H20N4O/c1-13(9-10-16-7-5-4-6-8-16)18-19-17(22)12-21-15(3)11-14(2)20-21/h4-11H,12H2,1-3H3,(H,19,22)/b10-9+,18-13?. The Balaban J connectivity index is 1.89. The summed E-state index contributed by atoms with van der Waals surface area (Å²) in [4.78, 5) is 11.8. The highest BCUT2D eigenvalue weighted by molar-refractivity contribution is 5.96. The lowest BCUT2D eigenvalue weighted by Crippen LogP contribution is -2.25. The summed E-state index contributed by atoms with van der Waals surface area (Å²) in [7, 11) is 0. The zero-order valence-corrected chi connectivity index (χ0v) is 13.1. The molecule has 0 aliphatic rings. The maximum atomic E-state index is 11.8. The van der Waals surface area contributed by atoms with Crippen LogP contribution < -0.4 is 5.43 Å². The topological polar surface area (TPSA) is 59.3 Å². The van der Waals surface area contributed by atoms with Gasteiger partial charge in [-0.15, -0.1) is 0 Å². The van der Waals surface area contributed by atoms with Crippen molar-refractivity contribution in [2.75, 3.05) is 0 Å². The third-order valence-corrected chi connectivity index (χ3v) is 3.07. The summed E-state index contributed by atoms with van der Waals surface area (Å²) in [6, 6.07) is 11.9. The second-order valence-electron chi connectivity index (χ2n) is 5.12. The van der Waals surface area contributed by atoms with Crippen molar-refractivity contribution in [2.45, 2.75) is 27.3 Å². The monoisotopic (exact) mass is 296 g/mol. The number of nitrogens with zero attached hydrogens (tertiary/aromatic N) is 3. The average molecular weight is 296 g/mol. The molecule has 0 aliphatic heterocycles. The fourth-order valence-corrected chi connectivity index (χ4v) is 1.98. The van der Waals surface area contributed by atoms with Crippen LogP contribution in [-0.2, 0) is 11.3 Å². The highest BCUT2D eigenvalue weighted by Gasteiger charge is 2.05. The highest BCUT2D eigenvalue weighted by atomic mass is 16.2. The fraction of sp³-hybridized carbons (Fsp3) is 0.235. The molecule has 2 rings (SSSR count). The Hall–Kier alpha value is -2.69. The normalized spacial score (nSPS) is 11.9. The number of rotatable bonds is 5. The van der Waals surface area contributed by atoms with E-state index in [9.17, 15) is 4.79 Å². The average Bonchev–Trinajstić information content (AvgIpc) is 2.82. The van der Waals surface area contributed by atoms with Crippen molar-refractivity contribution in [2.24, 2.45) is 5.10 Å². The maximum Gasteiger partial charge on any atom is 0.261 e. The van der Waals surface area contributed by atoms with Gasteiger partial charge in [0.2, 0.25) is 0 Å². The van der Waals surface area contributed by atoms with Gasteiger partial charge in [-0.3, -0.25) is 9.48 Å². The van der Waals surface area contributed by atoms with Gasteiger partial charge in [-0.2, -0.15) is 10.2 Å². The molecular weight excluding hydrogens is 276 g/mol. The van der Waals surface area contributed by atoms with Gasteiger partial charge in [0.15, 0.2) is 0 Å². The minimum absolute atomic E-state index is 0.166. The molecule has 0 radical (unpaired) electrons. The minimum atomic E-state index is -0.196. The number of carbonyl (C=O) groups excluding carboxylic acids is 1. The van der Waals surface area contributed by atoms with E-state index in [0.717, 1.165) is 22.7 Å². The molecule has 0 atom stereocenters. The van der Waals surface area contributed by atoms with E-state index in [0.29, 0.717) is 0 Å². The molecule has 1 heterocycles. The fourth-order valence-electron chi connectivity index (χ4n) is 1.98. The summed E-state index contributed by atoms with van der Waals surface area (Å²) in [5, 5.41) is 8.31. The van der Waals surface area contributed by atoms with E-state index in [4.69, 9.17) is 0 Å². The number of hydrogen-bond acceptors (Lipinski definition) is 3. The summed E-state index contributed by atoms with van der Waals surface area (Å²) >= 11 is 0. The van der Waals surface area contributed by atoms with Crippen molar-refractivity contribution in [1.82, 2.24) is 15.2 Å². The molecule has 0 aliphatic carbocycles. The zero-order chi connectivity index (χ0) is 15.9. The number of aromatic nitrogens is 2. The van der Waals surface area contributed by atoms with E-state index < -0.39 is 0 Å². The molecule has 5 heteroatoms. The molecule has 5 nitrogen and oxygen atoms in total. The molecule has 1 N–H and O–H groups in total. The van der Waals surface area contributed by atoms with Crippen LogP contribution in [0.3, 0.4) is 0 Å². The lowest BCUT2D eigenvalue weighted by Gasteiger charge is -2.03. The van der Waals surface area contributed by atoms with Gasteiger partial charge in [0.1, 0.15) is 6.54 Å². The third kappa shape index (κ3) is 4.70. The SMILES string of the molecule is CC(/C=C/c1ccccc1)=NNC(=O)Cn1nc(C)cc1C. The molecule has 114 valence electrons. The number of benzene rings is 1. The van der Waals surface area contributed by atoms with Gasteiger partial charge in [0.05, 0.1) is 11.4 Å². The summed E-state index contributed by atoms with van der Waals surface area (Å²) in [6.45, 7) is 5.82. The molecule has 1 amide bonds. The summed E-state index contributed by atoms with van der Waals surface area (Å²) in [5.74, 6) is -0.196. The van der Waals surface area contributed by atoms with Crippen molar-refractivity contribution in [3.05, 3.63) is 59.4 Å². The molecule has 0 fully saturated rings. The van der Waals surface area contributed by atoms with Gasteiger partial charge in [-0.05, 0) is 38.5 Å². The number of carbonyl (C=O) groups is 1. The van der Waals surface area contributed by atoms with Gasteiger partial charge in [-0.1, -0.05) is 36.4 Å². The Bertz CT molecular complexity index is 699. The maximum absolute atomic E-state index is 11.8. The van der Waals surface area contributed by atoms with E-state index in [1.165, 1.54) is 0 Å². The van der Waals surface area contributed by atoms with E-state index in [1.807, 2.05) is 69.3 Å². The first-order valence-electron chi connectivity index (χ1n) is 7.12. The largest absolute Gasteiger partial charge is 0.271 e. The Morgan fingerprint density at radius 1 is 1.32 bits per heavy atom. The molecule has 0 bridgehead atoms. The molecule has 0 unspecified atom stereocenters. The number of amides is 1. The minimum Gasteiger partial charge on any atom is -0.271 e. The molecule has 22 heavy (non-hydrogen) atoms. The first kappa shape index (κ1) is 15.7. The van der Waals surface area contributed by atoms with Crippen LogP contribution in [0.1, 0.15) is 23.9 Å². The van der Waals surface area contributed by atoms with Crippen molar-refractivity contribution < 1.29 is 4.79 Å². The zero-order valence-electron chi connectivity index (χ0n) is 13.1. The van der Waals surface area contributed by atoms with Crippen molar-refractivity contribution in [3.63, 3.8) is 0 Å². The number of allylic oxidation sites excluding steroid dienone is 1. The first-order valence-corrected chi connectivity index (χ1v) is 7.12. The smallest absolute Gasteiger partial charge is 0.261 e. The molecule has 0 saturated heterocycles. The summed E-state index contributed by atoms with van der Waals surface area (Å²) in [6.07, 6.45) is 3.81. The number of nitrogens with one attached hydrogen (secondary N) is 1. The molecule has 1 aromatic heterocycles. The highest BCUT2D eigenvalue weighted by Crippen LogP contribution is 2.02. The predicted molar refractivity (Wildman–Crippen MR) is 88.4 cm³/mol. The first-order chi connectivity index (χ1) is 10.5. The second-order valence-corrected chi connectivity index (χ2v) is 5.12. The van der Waals surface area contributed by atoms with Crippen LogP contribution in [0.15, 0.2) is 47.6 Å². The third-order valence-electron chi connectivity index (χ3n) is 3.07. The quantitative estimate of drug-likeness (QED) is 0.681. The van der Waals surface area contributed by atoms with Crippen molar-refractivity contribution in [3.8, 4) is 0 Å². The lowest BCUT2D eigenvalue weighted by molar-refractivity contribution is -0.121. The van der Waals surface area contributed by atoms with Crippen LogP contribution in [0.2, 0.25) is 0 Å². The Kier molecular flexibility index (Phi) is 5.25. The number of hydrazone groups is 1. The number of hydrogen-bond donors (Lipinski definition) is 1. The van der Waals surface area contributed by atoms with Crippen LogP contribution in [0.25, 0.3) is 6.08 Å². The molecule has 0 spiro atoms. The van der Waals surface area contributed by atoms with E-state index >= 15 is 0 Å². The van der Waals surface area contributed by atoms with Gasteiger partial charge in [-0.25, -0.2) is 5.43 Å². The van der Waals surface area contributed by atoms with Crippen molar-refractivity contribution in [1.29, 1.82) is 0 Å². The lowest BCUT2D eigenvalue weighted by atomic mass is 10.2. The second kappa shape index (κ2) is 7.36. The summed E-state index contributed by atoms with van der Waals surface area (Å²) < 4.78 is 1.66. The summed E-state index contributed by atoms with van der Waals surface area (Å²) in [5.41, 5.74) is 6.21. The Morgan fingerprint density at radius 3 is 2.68 bits per heavy atom. The molecule has 0 saturated carbocycles. The van der Waals surface area contributed by atoms with Crippen molar-refractivity contribution >= 4 is 17.7 Å². The Morgan fingerprint density at radius 2 is 2.05 bits per heavy atom. The Labute approximate surface area is 130 Å². The van der Waals surface area contributed by atoms with E-state index in [2.05, 4.69) is 15.6 Å². The van der Waals surface area contributed by atoms with Gasteiger partial charge in [0.25, 0.3) is 5.91 Å². The van der Waals surface area contributed by atoms with Crippen LogP contribution in [0, 0.1) is 13.8 Å². The number of aryl methyl sites for hydroxylation is 2. The van der Waals surface area contributed by atoms with Gasteiger partial charge < -0.3 is 0 Å². The van der Waals surface area contributed by atoms with Gasteiger partial charge in [0, 0.05) is 5.69 Å². The van der Waals surface area contributed by atoms with E-state index in [1.54, 1.807) is 4.68 Å². The molecule has 1 aromatic carbocycles. The predicted octanol–water partition coefficient (Wildman–Crippen LogP) is 2.71. The van der Waals surface area contributed by atoms with Crippen LogP contribution in [-0.4, -0.2) is 21.4 Å². The van der Waals surface area contributed by atoms with Crippen LogP contribution in [0.4, 0.5) is 0 Å². The van der Waals surface area contributed by atoms with E-state index in [-0.39, 0.29) is 12.5 Å².